The van der Waals surface area contributed by atoms with E-state index >= 15 is 0 Å². The van der Waals surface area contributed by atoms with Gasteiger partial charge in [-0.3, -0.25) is 9.78 Å². The summed E-state index contributed by atoms with van der Waals surface area (Å²) in [5, 5.41) is 4.02. The van der Waals surface area contributed by atoms with Gasteiger partial charge in [-0.1, -0.05) is 12.5 Å². The molecule has 1 aromatic heterocycles. The zero-order valence-electron chi connectivity index (χ0n) is 11.6. The fourth-order valence-corrected chi connectivity index (χ4v) is 2.90. The highest BCUT2D eigenvalue weighted by atomic mass is 16.2. The molecule has 0 aliphatic heterocycles. The summed E-state index contributed by atoms with van der Waals surface area (Å²) in [6.45, 7) is 1.96. The van der Waals surface area contributed by atoms with Crippen molar-refractivity contribution in [3.8, 4) is 0 Å². The second-order valence-corrected chi connectivity index (χ2v) is 5.78. The topological polar surface area (TPSA) is 68.0 Å². The summed E-state index contributed by atoms with van der Waals surface area (Å²) in [6, 6.07) is 9.58. The minimum absolute atomic E-state index is 0.0192. The lowest BCUT2D eigenvalue weighted by Crippen LogP contribution is -2.44. The molecule has 20 heavy (non-hydrogen) atoms. The Hall–Kier alpha value is -1.94. The first-order valence-electron chi connectivity index (χ1n) is 7.01. The van der Waals surface area contributed by atoms with Crippen LogP contribution in [0.3, 0.4) is 0 Å². The van der Waals surface area contributed by atoms with Gasteiger partial charge in [0.1, 0.15) is 0 Å². The SMILES string of the molecule is CC1(C(=O)Nc2ccc3ncccc3c2)CCCC1N. The molecule has 1 saturated carbocycles. The lowest BCUT2D eigenvalue weighted by atomic mass is 9.84. The molecule has 1 aromatic carbocycles. The monoisotopic (exact) mass is 269 g/mol. The van der Waals surface area contributed by atoms with Crippen molar-refractivity contribution in [2.75, 3.05) is 5.32 Å². The average Bonchev–Trinajstić information content (AvgIpc) is 2.80. The van der Waals surface area contributed by atoms with Crippen LogP contribution in [-0.2, 0) is 4.79 Å². The molecule has 3 rings (SSSR count). The molecule has 3 N–H and O–H groups in total. The molecule has 0 bridgehead atoms. The third-order valence-corrected chi connectivity index (χ3v) is 4.41. The predicted octanol–water partition coefficient (Wildman–Crippen LogP) is 2.69. The van der Waals surface area contributed by atoms with Gasteiger partial charge in [0.15, 0.2) is 0 Å². The maximum absolute atomic E-state index is 12.5. The zero-order chi connectivity index (χ0) is 14.2. The number of carbonyl (C=O) groups excluding carboxylic acids is 1. The van der Waals surface area contributed by atoms with E-state index in [4.69, 9.17) is 5.73 Å². The van der Waals surface area contributed by atoms with Crippen LogP contribution in [-0.4, -0.2) is 16.9 Å². The molecule has 0 radical (unpaired) electrons. The Balaban J connectivity index is 1.84. The molecule has 4 heteroatoms. The standard InChI is InChI=1S/C16H19N3O/c1-16(8-2-5-14(16)17)15(20)19-12-6-7-13-11(10-12)4-3-9-18-13/h3-4,6-7,9-10,14H,2,5,8,17H2,1H3,(H,19,20). The summed E-state index contributed by atoms with van der Waals surface area (Å²) in [7, 11) is 0. The van der Waals surface area contributed by atoms with Crippen molar-refractivity contribution < 1.29 is 4.79 Å². The van der Waals surface area contributed by atoms with Gasteiger partial charge in [0.25, 0.3) is 0 Å². The van der Waals surface area contributed by atoms with Crippen molar-refractivity contribution >= 4 is 22.5 Å². The zero-order valence-corrected chi connectivity index (χ0v) is 11.6. The average molecular weight is 269 g/mol. The fourth-order valence-electron chi connectivity index (χ4n) is 2.90. The molecule has 0 saturated heterocycles. The minimum Gasteiger partial charge on any atom is -0.327 e. The van der Waals surface area contributed by atoms with Crippen LogP contribution >= 0.6 is 0 Å². The molecule has 1 amide bonds. The first-order chi connectivity index (χ1) is 9.59. The Morgan fingerprint density at radius 2 is 2.30 bits per heavy atom. The van der Waals surface area contributed by atoms with Crippen molar-refractivity contribution in [3.63, 3.8) is 0 Å². The van der Waals surface area contributed by atoms with Crippen molar-refractivity contribution in [2.45, 2.75) is 32.2 Å². The minimum atomic E-state index is -0.454. The summed E-state index contributed by atoms with van der Waals surface area (Å²) in [4.78, 5) is 16.7. The van der Waals surface area contributed by atoms with Gasteiger partial charge in [-0.15, -0.1) is 0 Å². The third-order valence-electron chi connectivity index (χ3n) is 4.41. The quantitative estimate of drug-likeness (QED) is 0.880. The summed E-state index contributed by atoms with van der Waals surface area (Å²) in [6.07, 6.45) is 4.56. The number of hydrogen-bond donors (Lipinski definition) is 2. The van der Waals surface area contributed by atoms with Crippen molar-refractivity contribution in [3.05, 3.63) is 36.5 Å². The van der Waals surface area contributed by atoms with Crippen LogP contribution in [0.25, 0.3) is 10.9 Å². The van der Waals surface area contributed by atoms with Gasteiger partial charge in [0.2, 0.25) is 5.91 Å². The Morgan fingerprint density at radius 1 is 1.45 bits per heavy atom. The molecule has 104 valence electrons. The molecule has 2 atom stereocenters. The predicted molar refractivity (Wildman–Crippen MR) is 80.3 cm³/mol. The van der Waals surface area contributed by atoms with Crippen LogP contribution in [0.4, 0.5) is 5.69 Å². The van der Waals surface area contributed by atoms with Crippen LogP contribution in [0.5, 0.6) is 0 Å². The van der Waals surface area contributed by atoms with Crippen LogP contribution < -0.4 is 11.1 Å². The molecular weight excluding hydrogens is 250 g/mol. The summed E-state index contributed by atoms with van der Waals surface area (Å²) < 4.78 is 0. The number of aromatic nitrogens is 1. The van der Waals surface area contributed by atoms with E-state index in [9.17, 15) is 4.79 Å². The van der Waals surface area contributed by atoms with E-state index in [-0.39, 0.29) is 11.9 Å². The van der Waals surface area contributed by atoms with Gasteiger partial charge in [-0.2, -0.15) is 0 Å². The highest BCUT2D eigenvalue weighted by Gasteiger charge is 2.42. The highest BCUT2D eigenvalue weighted by molar-refractivity contribution is 5.97. The molecule has 2 aromatic rings. The molecule has 1 aliphatic carbocycles. The lowest BCUT2D eigenvalue weighted by Gasteiger charge is -2.27. The normalized spacial score (nSPS) is 25.8. The number of fused-ring (bicyclic) bond motifs is 1. The fraction of sp³-hybridized carbons (Fsp3) is 0.375. The first kappa shape index (κ1) is 13.1. The largest absolute Gasteiger partial charge is 0.327 e. The summed E-state index contributed by atoms with van der Waals surface area (Å²) >= 11 is 0. The van der Waals surface area contributed by atoms with Crippen molar-refractivity contribution in [1.29, 1.82) is 0 Å². The Morgan fingerprint density at radius 3 is 3.05 bits per heavy atom. The summed E-state index contributed by atoms with van der Waals surface area (Å²) in [5.74, 6) is 0.0192. The van der Waals surface area contributed by atoms with E-state index in [1.807, 2.05) is 37.3 Å². The lowest BCUT2D eigenvalue weighted by molar-refractivity contribution is -0.125. The number of rotatable bonds is 2. The van der Waals surface area contributed by atoms with E-state index in [0.717, 1.165) is 35.9 Å². The third kappa shape index (κ3) is 2.16. The number of pyridine rings is 1. The van der Waals surface area contributed by atoms with Gasteiger partial charge < -0.3 is 11.1 Å². The number of benzene rings is 1. The van der Waals surface area contributed by atoms with Crippen LogP contribution in [0.1, 0.15) is 26.2 Å². The van der Waals surface area contributed by atoms with E-state index in [0.29, 0.717) is 0 Å². The summed E-state index contributed by atoms with van der Waals surface area (Å²) in [5.41, 5.74) is 7.36. The van der Waals surface area contributed by atoms with Gasteiger partial charge in [0.05, 0.1) is 10.9 Å². The van der Waals surface area contributed by atoms with Gasteiger partial charge in [-0.25, -0.2) is 0 Å². The van der Waals surface area contributed by atoms with Crippen LogP contribution in [0.15, 0.2) is 36.5 Å². The number of hydrogen-bond acceptors (Lipinski definition) is 3. The molecule has 0 spiro atoms. The second-order valence-electron chi connectivity index (χ2n) is 5.78. The van der Waals surface area contributed by atoms with Crippen LogP contribution in [0.2, 0.25) is 0 Å². The smallest absolute Gasteiger partial charge is 0.231 e. The number of amides is 1. The number of nitrogens with one attached hydrogen (secondary N) is 1. The van der Waals surface area contributed by atoms with Gasteiger partial charge in [-0.05, 0) is 44.0 Å². The van der Waals surface area contributed by atoms with E-state index < -0.39 is 5.41 Å². The van der Waals surface area contributed by atoms with E-state index in [1.165, 1.54) is 0 Å². The van der Waals surface area contributed by atoms with Crippen LogP contribution in [0, 0.1) is 5.41 Å². The maximum atomic E-state index is 12.5. The molecule has 4 nitrogen and oxygen atoms in total. The number of anilines is 1. The Bertz CT molecular complexity index is 655. The maximum Gasteiger partial charge on any atom is 0.231 e. The number of nitrogens with zero attached hydrogens (tertiary/aromatic N) is 1. The number of nitrogens with two attached hydrogens (primary N) is 1. The van der Waals surface area contributed by atoms with Gasteiger partial charge in [0, 0.05) is 23.3 Å². The molecule has 1 aliphatic rings. The molecule has 2 unspecified atom stereocenters. The Kier molecular flexibility index (Phi) is 3.18. The van der Waals surface area contributed by atoms with E-state index in [1.54, 1.807) is 6.20 Å². The first-order valence-corrected chi connectivity index (χ1v) is 7.01. The highest BCUT2D eigenvalue weighted by Crippen LogP contribution is 2.37. The Labute approximate surface area is 118 Å². The van der Waals surface area contributed by atoms with Crippen molar-refractivity contribution in [2.24, 2.45) is 11.1 Å². The molecule has 1 fully saturated rings. The molecular formula is C16H19N3O. The van der Waals surface area contributed by atoms with Crippen molar-refractivity contribution in [1.82, 2.24) is 4.98 Å². The number of carbonyl (C=O) groups is 1. The second kappa shape index (κ2) is 4.87. The van der Waals surface area contributed by atoms with E-state index in [2.05, 4.69) is 10.3 Å². The molecule has 1 heterocycles. The van der Waals surface area contributed by atoms with Gasteiger partial charge >= 0.3 is 0 Å².